The van der Waals surface area contributed by atoms with Gasteiger partial charge in [0.25, 0.3) is 5.91 Å². The fourth-order valence-corrected chi connectivity index (χ4v) is 2.29. The number of amides is 1. The lowest BCUT2D eigenvalue weighted by atomic mass is 10.0. The Bertz CT molecular complexity index is 744. The summed E-state index contributed by atoms with van der Waals surface area (Å²) in [5.41, 5.74) is 1.48. The maximum Gasteiger partial charge on any atom is 0.258 e. The molecule has 1 amide bonds. The minimum absolute atomic E-state index is 0.0238. The molecule has 0 aliphatic heterocycles. The highest BCUT2D eigenvalue weighted by molar-refractivity contribution is 6.13. The average molecular weight is 260 g/mol. The molecule has 0 aliphatic rings. The molecule has 1 radical (unpaired) electrons. The number of anilines is 1. The Morgan fingerprint density at radius 3 is 2.50 bits per heavy atom. The van der Waals surface area contributed by atoms with Crippen LogP contribution in [0.15, 0.2) is 66.7 Å². The van der Waals surface area contributed by atoms with Gasteiger partial charge in [-0.25, -0.2) is 0 Å². The van der Waals surface area contributed by atoms with Gasteiger partial charge < -0.3 is 4.90 Å². The molecular formula is C18H14NO. The number of hydrogen-bond acceptors (Lipinski definition) is 1. The molecule has 0 saturated carbocycles. The Morgan fingerprint density at radius 2 is 1.70 bits per heavy atom. The van der Waals surface area contributed by atoms with Crippen molar-refractivity contribution in [2.45, 2.75) is 0 Å². The molecule has 0 saturated heterocycles. The van der Waals surface area contributed by atoms with E-state index in [0.717, 1.165) is 16.5 Å². The van der Waals surface area contributed by atoms with E-state index < -0.39 is 0 Å². The van der Waals surface area contributed by atoms with Crippen molar-refractivity contribution in [3.05, 3.63) is 78.4 Å². The van der Waals surface area contributed by atoms with Crippen molar-refractivity contribution in [1.82, 2.24) is 0 Å². The average Bonchev–Trinajstić information content (AvgIpc) is 2.54. The highest BCUT2D eigenvalue weighted by atomic mass is 16.2. The topological polar surface area (TPSA) is 20.3 Å². The van der Waals surface area contributed by atoms with Crippen LogP contribution in [-0.4, -0.2) is 13.0 Å². The second-order valence-corrected chi connectivity index (χ2v) is 4.64. The highest BCUT2D eigenvalue weighted by Crippen LogP contribution is 2.21. The van der Waals surface area contributed by atoms with E-state index in [9.17, 15) is 4.79 Å². The van der Waals surface area contributed by atoms with Crippen LogP contribution < -0.4 is 4.90 Å². The second kappa shape index (κ2) is 5.17. The van der Waals surface area contributed by atoms with Crippen LogP contribution in [0.3, 0.4) is 0 Å². The molecule has 0 bridgehead atoms. The maximum absolute atomic E-state index is 12.7. The molecule has 3 aromatic rings. The number of benzene rings is 3. The summed E-state index contributed by atoms with van der Waals surface area (Å²) >= 11 is 0. The van der Waals surface area contributed by atoms with Gasteiger partial charge in [-0.3, -0.25) is 4.79 Å². The fourth-order valence-electron chi connectivity index (χ4n) is 2.29. The lowest BCUT2D eigenvalue weighted by Crippen LogP contribution is -2.26. The summed E-state index contributed by atoms with van der Waals surface area (Å²) in [5, 5.41) is 2.05. The summed E-state index contributed by atoms with van der Waals surface area (Å²) in [7, 11) is 1.77. The van der Waals surface area contributed by atoms with Crippen molar-refractivity contribution in [3.8, 4) is 0 Å². The Hall–Kier alpha value is -2.61. The quantitative estimate of drug-likeness (QED) is 0.684. The molecule has 2 nitrogen and oxygen atoms in total. The number of carbonyl (C=O) groups excluding carboxylic acids is 1. The summed E-state index contributed by atoms with van der Waals surface area (Å²) in [4.78, 5) is 14.3. The van der Waals surface area contributed by atoms with Gasteiger partial charge in [0, 0.05) is 18.7 Å². The molecule has 2 heteroatoms. The minimum atomic E-state index is -0.0238. The van der Waals surface area contributed by atoms with E-state index in [1.807, 2.05) is 66.7 Å². The van der Waals surface area contributed by atoms with Crippen LogP contribution in [0.1, 0.15) is 10.4 Å². The van der Waals surface area contributed by atoms with Gasteiger partial charge in [0.2, 0.25) is 0 Å². The first-order valence-corrected chi connectivity index (χ1v) is 6.50. The van der Waals surface area contributed by atoms with Crippen molar-refractivity contribution in [2.75, 3.05) is 11.9 Å². The Balaban J connectivity index is 2.05. The van der Waals surface area contributed by atoms with Gasteiger partial charge in [0.15, 0.2) is 0 Å². The molecule has 3 aromatic carbocycles. The van der Waals surface area contributed by atoms with Crippen LogP contribution >= 0.6 is 0 Å². The van der Waals surface area contributed by atoms with Gasteiger partial charge in [-0.2, -0.15) is 0 Å². The molecule has 3 rings (SSSR count). The lowest BCUT2D eigenvalue weighted by molar-refractivity contribution is 0.0994. The molecule has 0 atom stereocenters. The first-order chi connectivity index (χ1) is 9.77. The van der Waals surface area contributed by atoms with Gasteiger partial charge >= 0.3 is 0 Å². The van der Waals surface area contributed by atoms with E-state index in [1.165, 1.54) is 0 Å². The molecule has 0 heterocycles. The van der Waals surface area contributed by atoms with E-state index in [0.29, 0.717) is 5.56 Å². The Labute approximate surface area is 118 Å². The van der Waals surface area contributed by atoms with E-state index in [2.05, 4.69) is 6.07 Å². The van der Waals surface area contributed by atoms with Gasteiger partial charge in [-0.1, -0.05) is 54.6 Å². The van der Waals surface area contributed by atoms with Crippen LogP contribution in [0.2, 0.25) is 0 Å². The van der Waals surface area contributed by atoms with Crippen molar-refractivity contribution in [2.24, 2.45) is 0 Å². The monoisotopic (exact) mass is 260 g/mol. The number of para-hydroxylation sites is 1. The first kappa shape index (κ1) is 12.4. The van der Waals surface area contributed by atoms with Crippen molar-refractivity contribution < 1.29 is 4.79 Å². The van der Waals surface area contributed by atoms with Gasteiger partial charge in [-0.05, 0) is 22.9 Å². The largest absolute Gasteiger partial charge is 0.311 e. The Kier molecular flexibility index (Phi) is 3.21. The number of carbonyl (C=O) groups is 1. The van der Waals surface area contributed by atoms with Crippen LogP contribution in [0, 0.1) is 6.07 Å². The molecular weight excluding hydrogens is 246 g/mol. The zero-order valence-electron chi connectivity index (χ0n) is 11.2. The molecule has 0 unspecified atom stereocenters. The third-order valence-corrected chi connectivity index (χ3v) is 3.38. The smallest absolute Gasteiger partial charge is 0.258 e. The third-order valence-electron chi connectivity index (χ3n) is 3.38. The first-order valence-electron chi connectivity index (χ1n) is 6.50. The van der Waals surface area contributed by atoms with Gasteiger partial charge in [0.1, 0.15) is 0 Å². The molecule has 0 N–H and O–H groups in total. The number of fused-ring (bicyclic) bond motifs is 1. The van der Waals surface area contributed by atoms with Crippen molar-refractivity contribution in [1.29, 1.82) is 0 Å². The molecule has 0 aliphatic carbocycles. The number of rotatable bonds is 2. The molecule has 0 aromatic heterocycles. The zero-order chi connectivity index (χ0) is 13.9. The minimum Gasteiger partial charge on any atom is -0.311 e. The molecule has 97 valence electrons. The van der Waals surface area contributed by atoms with Crippen molar-refractivity contribution >= 4 is 22.4 Å². The van der Waals surface area contributed by atoms with Gasteiger partial charge in [-0.15, -0.1) is 0 Å². The van der Waals surface area contributed by atoms with Crippen LogP contribution in [-0.2, 0) is 0 Å². The van der Waals surface area contributed by atoms with Crippen LogP contribution in [0.25, 0.3) is 10.8 Å². The summed E-state index contributed by atoms with van der Waals surface area (Å²) in [6.07, 6.45) is 0. The molecule has 0 fully saturated rings. The highest BCUT2D eigenvalue weighted by Gasteiger charge is 2.15. The van der Waals surface area contributed by atoms with E-state index in [1.54, 1.807) is 11.9 Å². The normalized spacial score (nSPS) is 10.4. The van der Waals surface area contributed by atoms with Gasteiger partial charge in [0.05, 0.1) is 5.69 Å². The van der Waals surface area contributed by atoms with Crippen molar-refractivity contribution in [3.63, 3.8) is 0 Å². The van der Waals surface area contributed by atoms with Crippen LogP contribution in [0.5, 0.6) is 0 Å². The lowest BCUT2D eigenvalue weighted by Gasteiger charge is -2.18. The molecule has 0 spiro atoms. The van der Waals surface area contributed by atoms with Crippen LogP contribution in [0.4, 0.5) is 5.69 Å². The van der Waals surface area contributed by atoms with E-state index in [-0.39, 0.29) is 5.91 Å². The summed E-state index contributed by atoms with van der Waals surface area (Å²) < 4.78 is 0. The summed E-state index contributed by atoms with van der Waals surface area (Å²) in [6.45, 7) is 0. The SMILES string of the molecule is CN(C(=O)c1cccc2ccccc12)c1[c]cccc1. The maximum atomic E-state index is 12.7. The van der Waals surface area contributed by atoms with E-state index >= 15 is 0 Å². The van der Waals surface area contributed by atoms with E-state index in [4.69, 9.17) is 0 Å². The number of hydrogen-bond donors (Lipinski definition) is 0. The standard InChI is InChI=1S/C18H14NO/c1-19(15-10-3-2-4-11-15)18(20)17-13-7-9-14-8-5-6-12-16(14)17/h2-10,12-13H,1H3. The summed E-state index contributed by atoms with van der Waals surface area (Å²) in [6, 6.07) is 24.3. The summed E-state index contributed by atoms with van der Waals surface area (Å²) in [5.74, 6) is -0.0238. The third kappa shape index (κ3) is 2.16. The fraction of sp³-hybridized carbons (Fsp3) is 0.0556. The predicted molar refractivity (Wildman–Crippen MR) is 82.0 cm³/mol. The second-order valence-electron chi connectivity index (χ2n) is 4.64. The number of nitrogens with zero attached hydrogens (tertiary/aromatic N) is 1. The molecule has 20 heavy (non-hydrogen) atoms. The predicted octanol–water partition coefficient (Wildman–Crippen LogP) is 3.92. The zero-order valence-corrected chi connectivity index (χ0v) is 11.2. The Morgan fingerprint density at radius 1 is 0.950 bits per heavy atom.